The number of hydrogen-bond acceptors (Lipinski definition) is 2. The van der Waals surface area contributed by atoms with Gasteiger partial charge in [-0.15, -0.1) is 0 Å². The topological polar surface area (TPSA) is 43.1 Å². The Morgan fingerprint density at radius 2 is 1.86 bits per heavy atom. The van der Waals surface area contributed by atoms with E-state index in [0.29, 0.717) is 12.3 Å². The van der Waals surface area contributed by atoms with Crippen LogP contribution in [0.1, 0.15) is 12.0 Å². The third kappa shape index (κ3) is 4.53. The Morgan fingerprint density at radius 1 is 1.14 bits per heavy atom. The van der Waals surface area contributed by atoms with Gasteiger partial charge in [-0.25, -0.2) is 0 Å². The Kier molecular flexibility index (Phi) is 5.49. The smallest absolute Gasteiger partial charge is 0.0357 e. The standard InChI is InChI=1S/C11H17NOS/c12-8-10-14(13)9-4-7-11-5-2-1-3-6-11/h1-3,5-6H,4,7-10,12H2. The van der Waals surface area contributed by atoms with E-state index >= 15 is 0 Å². The number of benzene rings is 1. The average Bonchev–Trinajstić information content (AvgIpc) is 2.20. The predicted molar refractivity (Wildman–Crippen MR) is 61.7 cm³/mol. The van der Waals surface area contributed by atoms with Crippen LogP contribution >= 0.6 is 0 Å². The quantitative estimate of drug-likeness (QED) is 0.771. The monoisotopic (exact) mass is 211 g/mol. The number of nitrogens with two attached hydrogens (primary N) is 1. The van der Waals surface area contributed by atoms with Crippen molar-refractivity contribution < 1.29 is 4.21 Å². The second kappa shape index (κ2) is 6.74. The summed E-state index contributed by atoms with van der Waals surface area (Å²) < 4.78 is 11.3. The molecule has 0 aliphatic carbocycles. The van der Waals surface area contributed by atoms with Crippen molar-refractivity contribution in [3.8, 4) is 0 Å². The largest absolute Gasteiger partial charge is 0.330 e. The van der Waals surface area contributed by atoms with Crippen molar-refractivity contribution >= 4 is 10.8 Å². The van der Waals surface area contributed by atoms with Gasteiger partial charge in [0, 0.05) is 28.9 Å². The molecule has 0 aliphatic rings. The molecule has 1 aromatic carbocycles. The molecule has 1 aromatic rings. The van der Waals surface area contributed by atoms with Gasteiger partial charge in [0.15, 0.2) is 0 Å². The minimum absolute atomic E-state index is 0.526. The first-order valence-corrected chi connectivity index (χ1v) is 6.40. The lowest BCUT2D eigenvalue weighted by Gasteiger charge is -2.01. The fourth-order valence-electron chi connectivity index (χ4n) is 1.32. The third-order valence-electron chi connectivity index (χ3n) is 2.03. The number of rotatable bonds is 6. The van der Waals surface area contributed by atoms with Crippen LogP contribution in [-0.2, 0) is 17.2 Å². The molecule has 0 fully saturated rings. The van der Waals surface area contributed by atoms with Crippen molar-refractivity contribution in [1.82, 2.24) is 0 Å². The van der Waals surface area contributed by atoms with E-state index in [0.717, 1.165) is 18.6 Å². The third-order valence-corrected chi connectivity index (χ3v) is 3.46. The first-order valence-electron chi connectivity index (χ1n) is 4.92. The highest BCUT2D eigenvalue weighted by molar-refractivity contribution is 7.84. The molecule has 0 amide bonds. The zero-order chi connectivity index (χ0) is 10.2. The van der Waals surface area contributed by atoms with E-state index < -0.39 is 10.8 Å². The highest BCUT2D eigenvalue weighted by atomic mass is 32.2. The van der Waals surface area contributed by atoms with E-state index in [9.17, 15) is 4.21 Å². The van der Waals surface area contributed by atoms with Gasteiger partial charge >= 0.3 is 0 Å². The Morgan fingerprint density at radius 3 is 2.50 bits per heavy atom. The van der Waals surface area contributed by atoms with Crippen LogP contribution in [0.15, 0.2) is 30.3 Å². The van der Waals surface area contributed by atoms with Crippen LogP contribution in [0.2, 0.25) is 0 Å². The van der Waals surface area contributed by atoms with E-state index in [1.165, 1.54) is 5.56 Å². The van der Waals surface area contributed by atoms with E-state index in [-0.39, 0.29) is 0 Å². The van der Waals surface area contributed by atoms with Gasteiger partial charge in [-0.1, -0.05) is 30.3 Å². The maximum Gasteiger partial charge on any atom is 0.0357 e. The second-order valence-corrected chi connectivity index (χ2v) is 4.92. The van der Waals surface area contributed by atoms with Crippen molar-refractivity contribution in [2.75, 3.05) is 18.1 Å². The molecule has 78 valence electrons. The molecule has 2 N–H and O–H groups in total. The summed E-state index contributed by atoms with van der Waals surface area (Å²) in [6, 6.07) is 10.3. The molecule has 0 spiro atoms. The van der Waals surface area contributed by atoms with Crippen LogP contribution < -0.4 is 5.73 Å². The van der Waals surface area contributed by atoms with Crippen molar-refractivity contribution in [2.45, 2.75) is 12.8 Å². The summed E-state index contributed by atoms with van der Waals surface area (Å²) in [5, 5.41) is 0. The van der Waals surface area contributed by atoms with Crippen LogP contribution in [0.4, 0.5) is 0 Å². The van der Waals surface area contributed by atoms with Crippen molar-refractivity contribution in [3.63, 3.8) is 0 Å². The molecule has 14 heavy (non-hydrogen) atoms. The summed E-state index contributed by atoms with van der Waals surface area (Å²) in [6.45, 7) is 0.526. The summed E-state index contributed by atoms with van der Waals surface area (Å²) >= 11 is 0. The lowest BCUT2D eigenvalue weighted by molar-refractivity contribution is 0.680. The van der Waals surface area contributed by atoms with Crippen molar-refractivity contribution in [3.05, 3.63) is 35.9 Å². The van der Waals surface area contributed by atoms with Gasteiger partial charge in [0.25, 0.3) is 0 Å². The molecule has 0 bridgehead atoms. The molecular formula is C11H17NOS. The van der Waals surface area contributed by atoms with E-state index in [2.05, 4.69) is 12.1 Å². The SMILES string of the molecule is NCCS(=O)CCCc1ccccc1. The summed E-state index contributed by atoms with van der Waals surface area (Å²) in [4.78, 5) is 0. The highest BCUT2D eigenvalue weighted by Gasteiger charge is 1.98. The first kappa shape index (κ1) is 11.4. The van der Waals surface area contributed by atoms with Gasteiger partial charge in [-0.05, 0) is 18.4 Å². The lowest BCUT2D eigenvalue weighted by atomic mass is 10.1. The van der Waals surface area contributed by atoms with Gasteiger partial charge < -0.3 is 5.73 Å². The molecule has 1 atom stereocenters. The number of aryl methyl sites for hydroxylation is 1. The Balaban J connectivity index is 2.19. The maximum atomic E-state index is 11.3. The summed E-state index contributed by atoms with van der Waals surface area (Å²) in [7, 11) is -0.719. The van der Waals surface area contributed by atoms with Crippen LogP contribution in [0.5, 0.6) is 0 Å². The van der Waals surface area contributed by atoms with Crippen LogP contribution in [-0.4, -0.2) is 22.3 Å². The van der Waals surface area contributed by atoms with Crippen molar-refractivity contribution in [1.29, 1.82) is 0 Å². The van der Waals surface area contributed by atoms with Crippen LogP contribution in [0.3, 0.4) is 0 Å². The molecule has 0 saturated heterocycles. The van der Waals surface area contributed by atoms with Gasteiger partial charge in [-0.3, -0.25) is 4.21 Å². The average molecular weight is 211 g/mol. The highest BCUT2D eigenvalue weighted by Crippen LogP contribution is 2.02. The summed E-state index contributed by atoms with van der Waals surface area (Å²) in [6.07, 6.45) is 1.99. The minimum Gasteiger partial charge on any atom is -0.330 e. The van der Waals surface area contributed by atoms with E-state index in [1.807, 2.05) is 18.2 Å². The van der Waals surface area contributed by atoms with Crippen molar-refractivity contribution in [2.24, 2.45) is 5.73 Å². The zero-order valence-electron chi connectivity index (χ0n) is 8.32. The molecule has 0 radical (unpaired) electrons. The van der Waals surface area contributed by atoms with E-state index in [1.54, 1.807) is 0 Å². The van der Waals surface area contributed by atoms with Crippen LogP contribution in [0, 0.1) is 0 Å². The number of hydrogen-bond donors (Lipinski definition) is 1. The Hall–Kier alpha value is -0.670. The van der Waals surface area contributed by atoms with Gasteiger partial charge in [0.05, 0.1) is 0 Å². The molecule has 2 nitrogen and oxygen atoms in total. The Bertz CT molecular complexity index is 274. The molecule has 0 aliphatic heterocycles. The van der Waals surface area contributed by atoms with Gasteiger partial charge in [0.1, 0.15) is 0 Å². The van der Waals surface area contributed by atoms with Crippen LogP contribution in [0.25, 0.3) is 0 Å². The first-order chi connectivity index (χ1) is 6.83. The molecule has 0 saturated carbocycles. The Labute approximate surface area is 88.0 Å². The second-order valence-electron chi connectivity index (χ2n) is 3.23. The minimum atomic E-state index is -0.719. The zero-order valence-corrected chi connectivity index (χ0v) is 9.13. The lowest BCUT2D eigenvalue weighted by Crippen LogP contribution is -2.12. The predicted octanol–water partition coefficient (Wildman–Crippen LogP) is 1.33. The fraction of sp³-hybridized carbons (Fsp3) is 0.455. The summed E-state index contributed by atoms with van der Waals surface area (Å²) in [5.41, 5.74) is 6.64. The molecular weight excluding hydrogens is 194 g/mol. The summed E-state index contributed by atoms with van der Waals surface area (Å²) in [5.74, 6) is 1.40. The molecule has 1 unspecified atom stereocenters. The molecule has 1 rings (SSSR count). The molecule has 0 heterocycles. The van der Waals surface area contributed by atoms with E-state index in [4.69, 9.17) is 5.73 Å². The van der Waals surface area contributed by atoms with Gasteiger partial charge in [-0.2, -0.15) is 0 Å². The molecule has 0 aromatic heterocycles. The fourth-order valence-corrected chi connectivity index (χ4v) is 2.25. The normalized spacial score (nSPS) is 12.6. The van der Waals surface area contributed by atoms with Gasteiger partial charge in [0.2, 0.25) is 0 Å². The maximum absolute atomic E-state index is 11.3. The molecule has 3 heteroatoms.